The number of benzene rings is 1. The number of aliphatic hydroxyl groups excluding tert-OH is 1. The van der Waals surface area contributed by atoms with E-state index in [-0.39, 0.29) is 18.0 Å². The van der Waals surface area contributed by atoms with Gasteiger partial charge in [-0.15, -0.1) is 11.8 Å². The summed E-state index contributed by atoms with van der Waals surface area (Å²) in [5.74, 6) is 1.32. The Morgan fingerprint density at radius 2 is 2.40 bits per heavy atom. The highest BCUT2D eigenvalue weighted by molar-refractivity contribution is 7.98. The van der Waals surface area contributed by atoms with Crippen LogP contribution < -0.4 is 5.32 Å². The van der Waals surface area contributed by atoms with Gasteiger partial charge >= 0.3 is 0 Å². The molecular weight excluding hydrogens is 281 g/mol. The van der Waals surface area contributed by atoms with E-state index in [4.69, 9.17) is 4.52 Å². The zero-order chi connectivity index (χ0) is 13.9. The van der Waals surface area contributed by atoms with E-state index in [9.17, 15) is 9.50 Å². The molecule has 7 heteroatoms. The first-order valence-electron chi connectivity index (χ1n) is 6.33. The summed E-state index contributed by atoms with van der Waals surface area (Å²) in [6.45, 7) is 0.542. The third-order valence-electron chi connectivity index (χ3n) is 3.05. The summed E-state index contributed by atoms with van der Waals surface area (Å²) in [7, 11) is 0. The van der Waals surface area contributed by atoms with E-state index in [1.54, 1.807) is 6.07 Å². The second-order valence-electron chi connectivity index (χ2n) is 4.65. The van der Waals surface area contributed by atoms with Gasteiger partial charge in [0, 0.05) is 11.4 Å². The quantitative estimate of drug-likeness (QED) is 0.839. The molecule has 2 atom stereocenters. The number of hydrogen-bond donors (Lipinski definition) is 2. The smallest absolute Gasteiger partial charge is 0.243 e. The Bertz CT molecular complexity index is 593. The van der Waals surface area contributed by atoms with Crippen LogP contribution in [0.4, 0.5) is 4.39 Å². The van der Waals surface area contributed by atoms with Crippen LogP contribution in [0.15, 0.2) is 33.7 Å². The molecule has 1 aromatic heterocycles. The Kier molecular flexibility index (Phi) is 4.00. The van der Waals surface area contributed by atoms with Crippen molar-refractivity contribution < 1.29 is 14.0 Å². The summed E-state index contributed by atoms with van der Waals surface area (Å²) in [6, 6.07) is 6.31. The lowest BCUT2D eigenvalue weighted by atomic mass is 10.2. The summed E-state index contributed by atoms with van der Waals surface area (Å²) >= 11 is 1.45. The van der Waals surface area contributed by atoms with E-state index in [1.165, 1.54) is 23.9 Å². The molecule has 0 saturated carbocycles. The van der Waals surface area contributed by atoms with Gasteiger partial charge in [-0.2, -0.15) is 4.98 Å². The van der Waals surface area contributed by atoms with Crippen LogP contribution in [0.3, 0.4) is 0 Å². The van der Waals surface area contributed by atoms with Crippen molar-refractivity contribution in [1.29, 1.82) is 0 Å². The van der Waals surface area contributed by atoms with E-state index >= 15 is 0 Å². The monoisotopic (exact) mass is 295 g/mol. The molecule has 0 radical (unpaired) electrons. The molecule has 0 aliphatic carbocycles. The van der Waals surface area contributed by atoms with E-state index in [2.05, 4.69) is 15.5 Å². The number of thioether (sulfide) groups is 1. The van der Waals surface area contributed by atoms with Gasteiger partial charge in [0.25, 0.3) is 0 Å². The average Bonchev–Trinajstić information content (AvgIpc) is 3.05. The number of aromatic nitrogens is 2. The predicted octanol–water partition coefficient (Wildman–Crippen LogP) is 1.90. The van der Waals surface area contributed by atoms with E-state index in [1.807, 2.05) is 6.07 Å². The van der Waals surface area contributed by atoms with Crippen molar-refractivity contribution in [1.82, 2.24) is 15.5 Å². The molecule has 0 amide bonds. The topological polar surface area (TPSA) is 71.2 Å². The molecule has 20 heavy (non-hydrogen) atoms. The van der Waals surface area contributed by atoms with Gasteiger partial charge in [0.1, 0.15) is 5.82 Å². The zero-order valence-corrected chi connectivity index (χ0v) is 11.4. The minimum absolute atomic E-state index is 0.0783. The first-order chi connectivity index (χ1) is 9.70. The van der Waals surface area contributed by atoms with Crippen LogP contribution in [-0.4, -0.2) is 27.9 Å². The molecule has 0 spiro atoms. The van der Waals surface area contributed by atoms with Crippen LogP contribution in [0.1, 0.15) is 24.2 Å². The molecule has 1 aromatic carbocycles. The molecule has 2 aromatic rings. The van der Waals surface area contributed by atoms with Crippen LogP contribution in [-0.2, 0) is 5.75 Å². The number of halogens is 1. The fourth-order valence-electron chi connectivity index (χ4n) is 2.08. The van der Waals surface area contributed by atoms with Crippen molar-refractivity contribution in [3.05, 3.63) is 41.8 Å². The third-order valence-corrected chi connectivity index (χ3v) is 4.04. The van der Waals surface area contributed by atoms with Crippen LogP contribution >= 0.6 is 11.8 Å². The Hall–Kier alpha value is -1.44. The van der Waals surface area contributed by atoms with Crippen molar-refractivity contribution in [3.63, 3.8) is 0 Å². The van der Waals surface area contributed by atoms with Crippen LogP contribution in [0.2, 0.25) is 0 Å². The second kappa shape index (κ2) is 5.90. The van der Waals surface area contributed by atoms with Crippen molar-refractivity contribution in [2.75, 3.05) is 6.54 Å². The highest BCUT2D eigenvalue weighted by atomic mass is 32.2. The summed E-state index contributed by atoms with van der Waals surface area (Å²) in [4.78, 5) is 5.12. The average molecular weight is 295 g/mol. The predicted molar refractivity (Wildman–Crippen MR) is 71.6 cm³/mol. The molecule has 106 valence electrons. The fraction of sp³-hybridized carbons (Fsp3) is 0.385. The van der Waals surface area contributed by atoms with Gasteiger partial charge in [0.05, 0.1) is 17.9 Å². The molecule has 5 nitrogen and oxygen atoms in total. The molecule has 1 saturated heterocycles. The lowest BCUT2D eigenvalue weighted by molar-refractivity contribution is 0.191. The van der Waals surface area contributed by atoms with E-state index in [0.717, 1.165) is 4.90 Å². The molecule has 2 heterocycles. The molecule has 1 aliphatic heterocycles. The lowest BCUT2D eigenvalue weighted by Gasteiger charge is -2.01. The van der Waals surface area contributed by atoms with Crippen molar-refractivity contribution in [2.45, 2.75) is 29.2 Å². The van der Waals surface area contributed by atoms with E-state index < -0.39 is 0 Å². The van der Waals surface area contributed by atoms with Crippen molar-refractivity contribution in [2.24, 2.45) is 0 Å². The lowest BCUT2D eigenvalue weighted by Crippen LogP contribution is -2.15. The molecular formula is C13H14FN3O2S. The Balaban J connectivity index is 1.60. The number of aliphatic hydroxyl groups is 1. The number of β-amino-alcohol motifs (C(OH)–C–C–N with tert-alkyl or cyclic N) is 1. The Morgan fingerprint density at radius 1 is 1.50 bits per heavy atom. The second-order valence-corrected chi connectivity index (χ2v) is 5.69. The fourth-order valence-corrected chi connectivity index (χ4v) is 2.86. The maximum Gasteiger partial charge on any atom is 0.243 e. The number of hydrogen-bond acceptors (Lipinski definition) is 6. The summed E-state index contributed by atoms with van der Waals surface area (Å²) < 4.78 is 18.2. The number of nitrogens with one attached hydrogen (secondary N) is 1. The molecule has 3 rings (SSSR count). The minimum Gasteiger partial charge on any atom is -0.392 e. The van der Waals surface area contributed by atoms with Gasteiger partial charge < -0.3 is 14.9 Å². The third kappa shape index (κ3) is 3.17. The van der Waals surface area contributed by atoms with Gasteiger partial charge in [-0.1, -0.05) is 11.2 Å². The highest BCUT2D eigenvalue weighted by Crippen LogP contribution is 2.25. The number of nitrogens with zero attached hydrogens (tertiary/aromatic N) is 2. The maximum atomic E-state index is 13.0. The highest BCUT2D eigenvalue weighted by Gasteiger charge is 2.27. The van der Waals surface area contributed by atoms with Crippen LogP contribution in [0.25, 0.3) is 0 Å². The largest absolute Gasteiger partial charge is 0.392 e. The first-order valence-corrected chi connectivity index (χ1v) is 7.31. The van der Waals surface area contributed by atoms with Crippen LogP contribution in [0, 0.1) is 5.82 Å². The molecule has 0 bridgehead atoms. The van der Waals surface area contributed by atoms with Gasteiger partial charge in [-0.05, 0) is 24.6 Å². The Labute approximate surface area is 119 Å². The van der Waals surface area contributed by atoms with Gasteiger partial charge in [0.15, 0.2) is 5.82 Å². The zero-order valence-electron chi connectivity index (χ0n) is 10.6. The standard InChI is InChI=1S/C13H14FN3O2S/c14-8-2-1-3-10(4-8)20-7-12-16-13(19-17-12)11-5-9(18)6-15-11/h1-4,9,11,15,18H,5-7H2/t9?,11-/m0/s1. The molecule has 1 unspecified atom stereocenters. The SMILES string of the molecule is OC1CN[C@H](c2nc(CSc3cccc(F)c3)no2)C1. The van der Waals surface area contributed by atoms with Crippen LogP contribution in [0.5, 0.6) is 0 Å². The first kappa shape index (κ1) is 13.5. The molecule has 2 N–H and O–H groups in total. The maximum absolute atomic E-state index is 13.0. The molecule has 1 fully saturated rings. The normalized spacial score (nSPS) is 22.3. The summed E-state index contributed by atoms with van der Waals surface area (Å²) in [5.41, 5.74) is 0. The van der Waals surface area contributed by atoms with Crippen molar-refractivity contribution >= 4 is 11.8 Å². The summed E-state index contributed by atoms with van der Waals surface area (Å²) in [6.07, 6.45) is 0.218. The van der Waals surface area contributed by atoms with Gasteiger partial charge in [-0.3, -0.25) is 0 Å². The minimum atomic E-state index is -0.364. The van der Waals surface area contributed by atoms with Gasteiger partial charge in [-0.25, -0.2) is 4.39 Å². The number of rotatable bonds is 4. The van der Waals surface area contributed by atoms with E-state index in [0.29, 0.717) is 30.4 Å². The molecule has 1 aliphatic rings. The van der Waals surface area contributed by atoms with Gasteiger partial charge in [0.2, 0.25) is 5.89 Å². The van der Waals surface area contributed by atoms with Crippen molar-refractivity contribution in [3.8, 4) is 0 Å². The summed E-state index contributed by atoms with van der Waals surface area (Å²) in [5, 5.41) is 16.5. The Morgan fingerprint density at radius 3 is 3.15 bits per heavy atom.